The molecule has 2 aromatic rings. The molecule has 0 radical (unpaired) electrons. The smallest absolute Gasteiger partial charge is 0.315 e. The molecule has 25 heavy (non-hydrogen) atoms. The number of halogens is 1. The fourth-order valence-corrected chi connectivity index (χ4v) is 2.41. The van der Waals surface area contributed by atoms with Crippen LogP contribution in [0.1, 0.15) is 13.3 Å². The lowest BCUT2D eigenvalue weighted by atomic mass is 10.2. The summed E-state index contributed by atoms with van der Waals surface area (Å²) in [6.07, 6.45) is -0.549. The Morgan fingerprint density at radius 1 is 1.20 bits per heavy atom. The summed E-state index contributed by atoms with van der Waals surface area (Å²) in [4.78, 5) is 36.2. The number of esters is 1. The lowest BCUT2D eigenvalue weighted by Crippen LogP contribution is -2.29. The third kappa shape index (κ3) is 4.54. The summed E-state index contributed by atoms with van der Waals surface area (Å²) in [6, 6.07) is 12.2. The van der Waals surface area contributed by atoms with Crippen LogP contribution in [0, 0.1) is 10.1 Å². The van der Waals surface area contributed by atoms with Crippen molar-refractivity contribution in [3.63, 3.8) is 0 Å². The van der Waals surface area contributed by atoms with Gasteiger partial charge in [-0.1, -0.05) is 29.8 Å². The largest absolute Gasteiger partial charge is 0.466 e. The van der Waals surface area contributed by atoms with Crippen molar-refractivity contribution >= 4 is 40.5 Å². The number of hydrogen-bond acceptors (Lipinski definition) is 5. The summed E-state index contributed by atoms with van der Waals surface area (Å²) >= 11 is 5.96. The molecule has 0 saturated carbocycles. The van der Waals surface area contributed by atoms with Crippen molar-refractivity contribution in [2.24, 2.45) is 0 Å². The molecule has 0 fully saturated rings. The number of rotatable bonds is 6. The van der Waals surface area contributed by atoms with E-state index in [1.54, 1.807) is 37.3 Å². The number of nitrogens with zero attached hydrogens (tertiary/aromatic N) is 2. The van der Waals surface area contributed by atoms with E-state index in [1.165, 1.54) is 18.2 Å². The molecule has 7 nitrogen and oxygen atoms in total. The summed E-state index contributed by atoms with van der Waals surface area (Å²) in [6.45, 7) is 1.76. The van der Waals surface area contributed by atoms with Gasteiger partial charge in [0.2, 0.25) is 5.91 Å². The van der Waals surface area contributed by atoms with E-state index in [-0.39, 0.29) is 23.0 Å². The predicted octanol–water partition coefficient (Wildman–Crippen LogP) is 3.87. The van der Waals surface area contributed by atoms with Crippen LogP contribution >= 0.6 is 11.6 Å². The Labute approximate surface area is 148 Å². The first-order valence-electron chi connectivity index (χ1n) is 7.41. The normalized spacial score (nSPS) is 10.2. The molecular weight excluding hydrogens is 348 g/mol. The third-order valence-corrected chi connectivity index (χ3v) is 3.47. The van der Waals surface area contributed by atoms with Crippen LogP contribution in [0.5, 0.6) is 0 Å². The lowest BCUT2D eigenvalue weighted by Gasteiger charge is -2.22. The molecule has 0 saturated heterocycles. The Morgan fingerprint density at radius 3 is 2.48 bits per heavy atom. The first-order chi connectivity index (χ1) is 11.9. The van der Waals surface area contributed by atoms with Crippen molar-refractivity contribution in [3.05, 3.63) is 63.7 Å². The van der Waals surface area contributed by atoms with Crippen molar-refractivity contribution in [3.8, 4) is 0 Å². The Balaban J connectivity index is 2.53. The molecule has 0 N–H and O–H groups in total. The average molecular weight is 363 g/mol. The molecule has 0 unspecified atom stereocenters. The number of nitro groups is 1. The number of ether oxygens (including phenoxy) is 1. The highest BCUT2D eigenvalue weighted by atomic mass is 35.5. The number of benzene rings is 2. The molecule has 0 aliphatic rings. The van der Waals surface area contributed by atoms with Crippen LogP contribution < -0.4 is 4.90 Å². The summed E-state index contributed by atoms with van der Waals surface area (Å²) in [5.41, 5.74) is 0.0608. The molecule has 0 aliphatic heterocycles. The van der Waals surface area contributed by atoms with Gasteiger partial charge in [-0.3, -0.25) is 24.6 Å². The van der Waals surface area contributed by atoms with E-state index in [9.17, 15) is 19.7 Å². The minimum atomic E-state index is -0.710. The monoisotopic (exact) mass is 362 g/mol. The van der Waals surface area contributed by atoms with Gasteiger partial charge in [-0.25, -0.2) is 0 Å². The van der Waals surface area contributed by atoms with E-state index in [0.29, 0.717) is 5.69 Å². The highest BCUT2D eigenvalue weighted by molar-refractivity contribution is 6.31. The van der Waals surface area contributed by atoms with Gasteiger partial charge >= 0.3 is 5.97 Å². The van der Waals surface area contributed by atoms with Gasteiger partial charge in [0.25, 0.3) is 5.69 Å². The molecule has 0 atom stereocenters. The van der Waals surface area contributed by atoms with E-state index in [2.05, 4.69) is 0 Å². The van der Waals surface area contributed by atoms with Gasteiger partial charge in [-0.15, -0.1) is 0 Å². The Hall–Kier alpha value is -2.93. The summed E-state index contributed by atoms with van der Waals surface area (Å²) in [5.74, 6) is -1.37. The number of carbonyl (C=O) groups excluding carboxylic acids is 2. The van der Waals surface area contributed by atoms with Crippen LogP contribution in [-0.4, -0.2) is 23.4 Å². The number of nitro benzene ring substituents is 1. The van der Waals surface area contributed by atoms with E-state index in [0.717, 1.165) is 4.90 Å². The number of carbonyl (C=O) groups is 2. The lowest BCUT2D eigenvalue weighted by molar-refractivity contribution is -0.384. The first kappa shape index (κ1) is 18.4. The van der Waals surface area contributed by atoms with Crippen molar-refractivity contribution in [2.75, 3.05) is 11.5 Å². The predicted molar refractivity (Wildman–Crippen MR) is 92.9 cm³/mol. The summed E-state index contributed by atoms with van der Waals surface area (Å²) < 4.78 is 4.79. The molecule has 2 rings (SSSR count). The zero-order valence-corrected chi connectivity index (χ0v) is 14.1. The van der Waals surface area contributed by atoms with Gasteiger partial charge in [0.15, 0.2) is 0 Å². The second kappa shape index (κ2) is 8.25. The van der Waals surface area contributed by atoms with Crippen molar-refractivity contribution in [2.45, 2.75) is 13.3 Å². The third-order valence-electron chi connectivity index (χ3n) is 3.24. The van der Waals surface area contributed by atoms with Crippen LogP contribution in [0.4, 0.5) is 17.1 Å². The SMILES string of the molecule is CCOC(=O)CC(=O)N(c1ccccc1)c1cc(Cl)ccc1[N+](=O)[O-]. The van der Waals surface area contributed by atoms with E-state index in [4.69, 9.17) is 16.3 Å². The molecule has 0 aromatic heterocycles. The van der Waals surface area contributed by atoms with Crippen molar-refractivity contribution in [1.82, 2.24) is 0 Å². The molecule has 0 bridgehead atoms. The van der Waals surface area contributed by atoms with Crippen LogP contribution in [0.3, 0.4) is 0 Å². The molecule has 1 amide bonds. The summed E-state index contributed by atoms with van der Waals surface area (Å²) in [5, 5.41) is 11.6. The van der Waals surface area contributed by atoms with Crippen molar-refractivity contribution < 1.29 is 19.2 Å². The van der Waals surface area contributed by atoms with Gasteiger partial charge < -0.3 is 4.74 Å². The van der Waals surface area contributed by atoms with Gasteiger partial charge in [0.1, 0.15) is 12.1 Å². The summed E-state index contributed by atoms with van der Waals surface area (Å²) in [7, 11) is 0. The van der Waals surface area contributed by atoms with Gasteiger partial charge in [-0.2, -0.15) is 0 Å². The molecule has 8 heteroatoms. The maximum atomic E-state index is 12.7. The number of para-hydroxylation sites is 1. The zero-order valence-electron chi connectivity index (χ0n) is 13.3. The maximum Gasteiger partial charge on any atom is 0.315 e. The Morgan fingerprint density at radius 2 is 1.88 bits per heavy atom. The number of hydrogen-bond donors (Lipinski definition) is 0. The Bertz CT molecular complexity index is 795. The highest BCUT2D eigenvalue weighted by Crippen LogP contribution is 2.36. The molecular formula is C17H15ClN2O5. The Kier molecular flexibility index (Phi) is 6.08. The standard InChI is InChI=1S/C17H15ClN2O5/c1-2-25-17(22)11-16(21)19(13-6-4-3-5-7-13)15-10-12(18)8-9-14(15)20(23)24/h3-10H,2,11H2,1H3. The minimum Gasteiger partial charge on any atom is -0.466 e. The average Bonchev–Trinajstić information content (AvgIpc) is 2.56. The molecule has 130 valence electrons. The maximum absolute atomic E-state index is 12.7. The highest BCUT2D eigenvalue weighted by Gasteiger charge is 2.28. The second-order valence-electron chi connectivity index (χ2n) is 4.94. The molecule has 0 spiro atoms. The van der Waals surface area contributed by atoms with Gasteiger partial charge in [0, 0.05) is 16.8 Å². The van der Waals surface area contributed by atoms with E-state index in [1.807, 2.05) is 0 Å². The first-order valence-corrected chi connectivity index (χ1v) is 7.79. The quantitative estimate of drug-likeness (QED) is 0.337. The van der Waals surface area contributed by atoms with E-state index >= 15 is 0 Å². The fraction of sp³-hybridized carbons (Fsp3) is 0.176. The van der Waals surface area contributed by atoms with Gasteiger partial charge in [-0.05, 0) is 31.2 Å². The topological polar surface area (TPSA) is 89.8 Å². The zero-order chi connectivity index (χ0) is 18.4. The number of anilines is 2. The second-order valence-corrected chi connectivity index (χ2v) is 5.37. The fourth-order valence-electron chi connectivity index (χ4n) is 2.24. The van der Waals surface area contributed by atoms with Crippen LogP contribution in [-0.2, 0) is 14.3 Å². The molecule has 0 aliphatic carbocycles. The van der Waals surface area contributed by atoms with Gasteiger partial charge in [0.05, 0.1) is 11.5 Å². The van der Waals surface area contributed by atoms with Crippen LogP contribution in [0.15, 0.2) is 48.5 Å². The molecule has 2 aromatic carbocycles. The van der Waals surface area contributed by atoms with Crippen molar-refractivity contribution in [1.29, 1.82) is 0 Å². The van der Waals surface area contributed by atoms with E-state index < -0.39 is 23.2 Å². The van der Waals surface area contributed by atoms with Crippen LogP contribution in [0.25, 0.3) is 0 Å². The van der Waals surface area contributed by atoms with Crippen LogP contribution in [0.2, 0.25) is 5.02 Å². The minimum absolute atomic E-state index is 0.0157. The number of amides is 1. The molecule has 0 heterocycles.